The summed E-state index contributed by atoms with van der Waals surface area (Å²) in [5.41, 5.74) is 5.16. The van der Waals surface area contributed by atoms with Gasteiger partial charge < -0.3 is 9.80 Å². The van der Waals surface area contributed by atoms with Crippen LogP contribution in [-0.4, -0.2) is 50.3 Å². The Balaban J connectivity index is 1.36. The van der Waals surface area contributed by atoms with Crippen molar-refractivity contribution in [3.63, 3.8) is 0 Å². The fraction of sp³-hybridized carbons (Fsp3) is 0.233. The number of fused-ring (bicyclic) bond motifs is 1. The SMILES string of the molecule is CCc1nc2ccc(-c3ccc(C(=O)N4CCCC4)nc3)cn2c1N(C)c1nc(-c2ccc(F)cc2)c(C#N)s1. The number of amides is 1. The summed E-state index contributed by atoms with van der Waals surface area (Å²) in [5.74, 6) is 0.481. The molecule has 0 unspecified atom stereocenters. The Kier molecular flexibility index (Phi) is 6.74. The van der Waals surface area contributed by atoms with Gasteiger partial charge in [0.2, 0.25) is 0 Å². The molecule has 0 N–H and O–H groups in total. The van der Waals surface area contributed by atoms with Gasteiger partial charge in [-0.2, -0.15) is 5.26 Å². The molecule has 6 rings (SSSR count). The summed E-state index contributed by atoms with van der Waals surface area (Å²) < 4.78 is 15.5. The maximum absolute atomic E-state index is 13.5. The Morgan fingerprint density at radius 2 is 1.77 bits per heavy atom. The van der Waals surface area contributed by atoms with E-state index in [0.29, 0.717) is 33.4 Å². The number of hydrogen-bond acceptors (Lipinski definition) is 7. The summed E-state index contributed by atoms with van der Waals surface area (Å²) in [6.45, 7) is 3.62. The van der Waals surface area contributed by atoms with Gasteiger partial charge in [-0.05, 0) is 61.7 Å². The zero-order chi connectivity index (χ0) is 27.8. The zero-order valence-corrected chi connectivity index (χ0v) is 23.0. The number of pyridine rings is 2. The Morgan fingerprint density at radius 1 is 1.05 bits per heavy atom. The molecule has 0 radical (unpaired) electrons. The van der Waals surface area contributed by atoms with Crippen LogP contribution in [0.2, 0.25) is 0 Å². The first-order chi connectivity index (χ1) is 19.5. The van der Waals surface area contributed by atoms with Crippen LogP contribution in [0, 0.1) is 17.1 Å². The van der Waals surface area contributed by atoms with Crippen molar-refractivity contribution in [3.05, 3.63) is 83.0 Å². The van der Waals surface area contributed by atoms with Crippen molar-refractivity contribution < 1.29 is 9.18 Å². The predicted molar refractivity (Wildman–Crippen MR) is 153 cm³/mol. The maximum atomic E-state index is 13.5. The first-order valence-corrected chi connectivity index (χ1v) is 14.0. The standard InChI is InChI=1S/C30H26FN7OS/c1-3-23-28(36(2)30-35-27(25(16-32)40-30)19-6-10-22(31)11-7-19)38-18-21(9-13-26(38)34-23)20-8-12-24(33-17-20)29(39)37-14-4-5-15-37/h6-13,17-18H,3-5,14-15H2,1-2H3. The van der Waals surface area contributed by atoms with Crippen LogP contribution < -0.4 is 4.90 Å². The van der Waals surface area contributed by atoms with E-state index in [0.717, 1.165) is 54.2 Å². The van der Waals surface area contributed by atoms with Crippen LogP contribution >= 0.6 is 11.3 Å². The molecule has 8 nitrogen and oxygen atoms in total. The molecule has 5 heterocycles. The normalized spacial score (nSPS) is 13.1. The number of anilines is 2. The average molecular weight is 552 g/mol. The average Bonchev–Trinajstić information content (AvgIpc) is 3.75. The van der Waals surface area contributed by atoms with Gasteiger partial charge in [-0.15, -0.1) is 0 Å². The van der Waals surface area contributed by atoms with Gasteiger partial charge in [-0.3, -0.25) is 14.2 Å². The fourth-order valence-corrected chi connectivity index (χ4v) is 5.89. The second-order valence-electron chi connectivity index (χ2n) is 9.66. The molecule has 1 saturated heterocycles. The molecule has 1 fully saturated rings. The third kappa shape index (κ3) is 4.58. The Bertz CT molecular complexity index is 1750. The highest BCUT2D eigenvalue weighted by molar-refractivity contribution is 7.16. The van der Waals surface area contributed by atoms with Crippen molar-refractivity contribution in [1.29, 1.82) is 5.26 Å². The number of nitrogens with zero attached hydrogens (tertiary/aromatic N) is 7. The van der Waals surface area contributed by atoms with Crippen molar-refractivity contribution in [3.8, 4) is 28.5 Å². The zero-order valence-electron chi connectivity index (χ0n) is 22.1. The molecule has 40 heavy (non-hydrogen) atoms. The highest BCUT2D eigenvalue weighted by Gasteiger charge is 2.23. The molecule has 0 atom stereocenters. The molecule has 1 aromatic carbocycles. The molecule has 1 amide bonds. The largest absolute Gasteiger partial charge is 0.337 e. The van der Waals surface area contributed by atoms with Crippen LogP contribution in [0.5, 0.6) is 0 Å². The molecule has 1 aliphatic rings. The number of aryl methyl sites for hydroxylation is 1. The second-order valence-corrected chi connectivity index (χ2v) is 10.6. The van der Waals surface area contributed by atoms with Crippen LogP contribution in [0.3, 0.4) is 0 Å². The monoisotopic (exact) mass is 551 g/mol. The molecule has 10 heteroatoms. The van der Waals surface area contributed by atoms with E-state index in [4.69, 9.17) is 9.97 Å². The molecule has 0 aliphatic carbocycles. The number of halogens is 1. The molecule has 5 aromatic rings. The van der Waals surface area contributed by atoms with E-state index in [-0.39, 0.29) is 11.7 Å². The van der Waals surface area contributed by atoms with E-state index >= 15 is 0 Å². The van der Waals surface area contributed by atoms with Gasteiger partial charge in [-0.1, -0.05) is 24.3 Å². The highest BCUT2D eigenvalue weighted by atomic mass is 32.1. The van der Waals surface area contributed by atoms with Gasteiger partial charge in [-0.25, -0.2) is 14.4 Å². The predicted octanol–water partition coefficient (Wildman–Crippen LogP) is 6.10. The first-order valence-electron chi connectivity index (χ1n) is 13.1. The minimum Gasteiger partial charge on any atom is -0.337 e. The van der Waals surface area contributed by atoms with Gasteiger partial charge in [0.15, 0.2) is 5.13 Å². The summed E-state index contributed by atoms with van der Waals surface area (Å²) in [4.78, 5) is 31.0. The summed E-state index contributed by atoms with van der Waals surface area (Å²) in [6, 6.07) is 15.9. The number of carbonyl (C=O) groups excluding carboxylic acids is 1. The van der Waals surface area contributed by atoms with E-state index in [1.807, 2.05) is 52.6 Å². The number of thiazole rings is 1. The summed E-state index contributed by atoms with van der Waals surface area (Å²) in [7, 11) is 1.91. The molecule has 200 valence electrons. The van der Waals surface area contributed by atoms with Gasteiger partial charge in [0.1, 0.15) is 39.6 Å². The summed E-state index contributed by atoms with van der Waals surface area (Å²) >= 11 is 1.28. The molecular weight excluding hydrogens is 525 g/mol. The van der Waals surface area contributed by atoms with Gasteiger partial charge >= 0.3 is 0 Å². The van der Waals surface area contributed by atoms with Crippen molar-refractivity contribution in [1.82, 2.24) is 24.3 Å². The number of imidazole rings is 1. The smallest absolute Gasteiger partial charge is 0.272 e. The van der Waals surface area contributed by atoms with Crippen LogP contribution in [0.25, 0.3) is 28.0 Å². The lowest BCUT2D eigenvalue weighted by Gasteiger charge is -2.17. The van der Waals surface area contributed by atoms with E-state index in [1.54, 1.807) is 24.4 Å². The molecule has 4 aromatic heterocycles. The third-order valence-corrected chi connectivity index (χ3v) is 8.18. The van der Waals surface area contributed by atoms with Crippen molar-refractivity contribution in [2.24, 2.45) is 0 Å². The lowest BCUT2D eigenvalue weighted by atomic mass is 10.1. The van der Waals surface area contributed by atoms with Crippen molar-refractivity contribution >= 4 is 33.8 Å². The molecule has 1 aliphatic heterocycles. The number of carbonyl (C=O) groups is 1. The lowest BCUT2D eigenvalue weighted by Crippen LogP contribution is -2.28. The van der Waals surface area contributed by atoms with Crippen molar-refractivity contribution in [2.75, 3.05) is 25.0 Å². The topological polar surface area (TPSA) is 90.4 Å². The number of benzene rings is 1. The number of nitriles is 1. The van der Waals surface area contributed by atoms with Gasteiger partial charge in [0.25, 0.3) is 5.91 Å². The van der Waals surface area contributed by atoms with E-state index in [2.05, 4.69) is 11.1 Å². The molecule has 0 spiro atoms. The highest BCUT2D eigenvalue weighted by Crippen LogP contribution is 2.37. The fourth-order valence-electron chi connectivity index (χ4n) is 5.04. The van der Waals surface area contributed by atoms with Crippen LogP contribution in [0.1, 0.15) is 40.8 Å². The van der Waals surface area contributed by atoms with E-state index in [1.165, 1.54) is 23.5 Å². The number of rotatable bonds is 6. The Morgan fingerprint density at radius 3 is 2.45 bits per heavy atom. The van der Waals surface area contributed by atoms with Crippen molar-refractivity contribution in [2.45, 2.75) is 26.2 Å². The third-order valence-electron chi connectivity index (χ3n) is 7.15. The quantitative estimate of drug-likeness (QED) is 0.253. The number of aromatic nitrogens is 4. The van der Waals surface area contributed by atoms with Gasteiger partial charge in [0.05, 0.1) is 5.69 Å². The Labute approximate surface area is 235 Å². The van der Waals surface area contributed by atoms with Crippen LogP contribution in [-0.2, 0) is 6.42 Å². The summed E-state index contributed by atoms with van der Waals surface area (Å²) in [5, 5.41) is 10.4. The summed E-state index contributed by atoms with van der Waals surface area (Å²) in [6.07, 6.45) is 6.52. The molecule has 0 saturated carbocycles. The van der Waals surface area contributed by atoms with E-state index in [9.17, 15) is 14.4 Å². The molecule has 0 bridgehead atoms. The van der Waals surface area contributed by atoms with Crippen LogP contribution in [0.4, 0.5) is 15.3 Å². The minimum absolute atomic E-state index is 0.0224. The van der Waals surface area contributed by atoms with Crippen LogP contribution in [0.15, 0.2) is 60.9 Å². The van der Waals surface area contributed by atoms with E-state index < -0.39 is 0 Å². The Hall–Kier alpha value is -4.62. The number of likely N-dealkylation sites (tertiary alicyclic amines) is 1. The molecular formula is C30H26FN7OS. The lowest BCUT2D eigenvalue weighted by molar-refractivity contribution is 0.0787. The van der Waals surface area contributed by atoms with Gasteiger partial charge in [0, 0.05) is 49.2 Å². The maximum Gasteiger partial charge on any atom is 0.272 e. The first kappa shape index (κ1) is 25.6. The number of hydrogen-bond donors (Lipinski definition) is 0. The second kappa shape index (κ2) is 10.5. The minimum atomic E-state index is -0.341.